The van der Waals surface area contributed by atoms with Gasteiger partial charge in [0.1, 0.15) is 5.76 Å². The van der Waals surface area contributed by atoms with Crippen molar-refractivity contribution in [3.63, 3.8) is 0 Å². The third kappa shape index (κ3) is 5.46. The largest absolute Gasteiger partial charge is 0.468 e. The van der Waals surface area contributed by atoms with Crippen LogP contribution in [0.15, 0.2) is 16.7 Å². The Balaban J connectivity index is 1.82. The Morgan fingerprint density at radius 1 is 1.38 bits per heavy atom. The molecular weight excluding hydrogens is 264 g/mol. The molecule has 1 unspecified atom stereocenters. The fourth-order valence-corrected chi connectivity index (χ4v) is 2.86. The van der Waals surface area contributed by atoms with E-state index in [0.717, 1.165) is 51.4 Å². The first-order valence-electron chi connectivity index (χ1n) is 8.43. The summed E-state index contributed by atoms with van der Waals surface area (Å²) in [6, 6.07) is 2.11. The average Bonchev–Trinajstić information content (AvgIpc) is 2.93. The summed E-state index contributed by atoms with van der Waals surface area (Å²) in [5.74, 6) is 1.08. The van der Waals surface area contributed by atoms with Crippen LogP contribution in [0.25, 0.3) is 0 Å². The number of furan rings is 1. The standard InChI is InChI=1S/C17H30N2O2/c1-3-8-18-12-17-15(7-11-21-17)13-19-9-5-6-16(14-19)20-10-4-2/h7,11,16,18H,3-6,8-10,12-14H2,1-2H3. The second-order valence-electron chi connectivity index (χ2n) is 5.92. The van der Waals surface area contributed by atoms with Gasteiger partial charge in [0.05, 0.1) is 18.9 Å². The van der Waals surface area contributed by atoms with Gasteiger partial charge in [-0.15, -0.1) is 0 Å². The van der Waals surface area contributed by atoms with Gasteiger partial charge in [-0.2, -0.15) is 0 Å². The minimum Gasteiger partial charge on any atom is -0.468 e. The maximum Gasteiger partial charge on any atom is 0.122 e. The lowest BCUT2D eigenvalue weighted by Crippen LogP contribution is -2.39. The summed E-state index contributed by atoms with van der Waals surface area (Å²) < 4.78 is 11.5. The number of ether oxygens (including phenoxy) is 1. The van der Waals surface area contributed by atoms with Gasteiger partial charge in [-0.05, 0) is 44.8 Å². The highest BCUT2D eigenvalue weighted by Crippen LogP contribution is 2.19. The maximum absolute atomic E-state index is 5.91. The van der Waals surface area contributed by atoms with E-state index in [4.69, 9.17) is 9.15 Å². The first kappa shape index (κ1) is 16.5. The van der Waals surface area contributed by atoms with Crippen molar-refractivity contribution < 1.29 is 9.15 Å². The van der Waals surface area contributed by atoms with Crippen LogP contribution in [0.5, 0.6) is 0 Å². The van der Waals surface area contributed by atoms with E-state index in [1.165, 1.54) is 24.9 Å². The Hall–Kier alpha value is -0.840. The SMILES string of the molecule is CCCNCc1occc1CN1CCCC(OCCC)C1. The Labute approximate surface area is 128 Å². The first-order valence-corrected chi connectivity index (χ1v) is 8.43. The molecule has 1 aliphatic rings. The number of rotatable bonds is 9. The van der Waals surface area contributed by atoms with E-state index in [2.05, 4.69) is 30.1 Å². The van der Waals surface area contributed by atoms with Gasteiger partial charge < -0.3 is 14.5 Å². The van der Waals surface area contributed by atoms with Gasteiger partial charge in [0.2, 0.25) is 0 Å². The summed E-state index contributed by atoms with van der Waals surface area (Å²) in [6.07, 6.45) is 6.91. The molecule has 0 aliphatic carbocycles. The molecule has 2 rings (SSSR count). The van der Waals surface area contributed by atoms with Gasteiger partial charge >= 0.3 is 0 Å². The summed E-state index contributed by atoms with van der Waals surface area (Å²) in [5.41, 5.74) is 1.31. The van der Waals surface area contributed by atoms with Crippen LogP contribution >= 0.6 is 0 Å². The zero-order valence-electron chi connectivity index (χ0n) is 13.6. The van der Waals surface area contributed by atoms with E-state index in [0.29, 0.717) is 6.10 Å². The van der Waals surface area contributed by atoms with E-state index in [1.54, 1.807) is 0 Å². The zero-order chi connectivity index (χ0) is 14.9. The van der Waals surface area contributed by atoms with Crippen LogP contribution in [-0.2, 0) is 17.8 Å². The molecule has 1 aromatic heterocycles. The summed E-state index contributed by atoms with van der Waals surface area (Å²) >= 11 is 0. The minimum absolute atomic E-state index is 0.410. The molecule has 1 fully saturated rings. The van der Waals surface area contributed by atoms with Gasteiger partial charge in [-0.1, -0.05) is 13.8 Å². The normalized spacial score (nSPS) is 20.0. The Kier molecular flexibility index (Phi) is 7.27. The summed E-state index contributed by atoms with van der Waals surface area (Å²) in [7, 11) is 0. The third-order valence-electron chi connectivity index (χ3n) is 3.96. The van der Waals surface area contributed by atoms with Crippen molar-refractivity contribution in [1.29, 1.82) is 0 Å². The van der Waals surface area contributed by atoms with Gasteiger partial charge in [0.15, 0.2) is 0 Å². The maximum atomic E-state index is 5.91. The molecule has 0 amide bonds. The summed E-state index contributed by atoms with van der Waals surface area (Å²) in [5, 5.41) is 3.41. The quantitative estimate of drug-likeness (QED) is 0.710. The second kappa shape index (κ2) is 9.23. The zero-order valence-corrected chi connectivity index (χ0v) is 13.6. The van der Waals surface area contributed by atoms with Crippen LogP contribution in [0.1, 0.15) is 50.9 Å². The lowest BCUT2D eigenvalue weighted by molar-refractivity contribution is -0.00235. The van der Waals surface area contributed by atoms with Crippen molar-refractivity contribution in [1.82, 2.24) is 10.2 Å². The molecule has 21 heavy (non-hydrogen) atoms. The molecule has 4 heteroatoms. The molecule has 4 nitrogen and oxygen atoms in total. The van der Waals surface area contributed by atoms with Gasteiger partial charge in [0, 0.05) is 25.3 Å². The predicted molar refractivity (Wildman–Crippen MR) is 85.2 cm³/mol. The third-order valence-corrected chi connectivity index (χ3v) is 3.96. The van der Waals surface area contributed by atoms with E-state index in [9.17, 15) is 0 Å². The van der Waals surface area contributed by atoms with E-state index in [1.807, 2.05) is 6.26 Å². The Bertz CT molecular complexity index is 392. The van der Waals surface area contributed by atoms with Crippen molar-refractivity contribution >= 4 is 0 Å². The van der Waals surface area contributed by atoms with Crippen LogP contribution in [0.4, 0.5) is 0 Å². The number of nitrogens with one attached hydrogen (secondary N) is 1. The molecule has 0 spiro atoms. The molecular formula is C17H30N2O2. The van der Waals surface area contributed by atoms with E-state index >= 15 is 0 Å². The summed E-state index contributed by atoms with van der Waals surface area (Å²) in [4.78, 5) is 2.50. The molecule has 120 valence electrons. The number of hydrogen-bond acceptors (Lipinski definition) is 4. The highest BCUT2D eigenvalue weighted by molar-refractivity contribution is 5.17. The topological polar surface area (TPSA) is 37.6 Å². The molecule has 1 atom stereocenters. The van der Waals surface area contributed by atoms with Crippen molar-refractivity contribution in [2.75, 3.05) is 26.2 Å². The number of piperidine rings is 1. The molecule has 0 saturated carbocycles. The molecule has 0 bridgehead atoms. The van der Waals surface area contributed by atoms with Crippen LogP contribution < -0.4 is 5.32 Å². The smallest absolute Gasteiger partial charge is 0.122 e. The van der Waals surface area contributed by atoms with E-state index in [-0.39, 0.29) is 0 Å². The van der Waals surface area contributed by atoms with Crippen LogP contribution in [0.3, 0.4) is 0 Å². The molecule has 1 aromatic rings. The molecule has 2 heterocycles. The van der Waals surface area contributed by atoms with E-state index < -0.39 is 0 Å². The second-order valence-corrected chi connectivity index (χ2v) is 5.92. The fraction of sp³-hybridized carbons (Fsp3) is 0.765. The molecule has 1 N–H and O–H groups in total. The Morgan fingerprint density at radius 3 is 3.10 bits per heavy atom. The minimum atomic E-state index is 0.410. The number of nitrogens with zero attached hydrogens (tertiary/aromatic N) is 1. The first-order chi connectivity index (χ1) is 10.3. The van der Waals surface area contributed by atoms with Gasteiger partial charge in [0.25, 0.3) is 0 Å². The van der Waals surface area contributed by atoms with Crippen LogP contribution in [-0.4, -0.2) is 37.2 Å². The highest BCUT2D eigenvalue weighted by atomic mass is 16.5. The Morgan fingerprint density at radius 2 is 2.29 bits per heavy atom. The lowest BCUT2D eigenvalue weighted by Gasteiger charge is -2.32. The molecule has 1 aliphatic heterocycles. The summed E-state index contributed by atoms with van der Waals surface area (Å²) in [6.45, 7) is 10.3. The van der Waals surface area contributed by atoms with Crippen molar-refractivity contribution in [2.45, 2.75) is 58.7 Å². The molecule has 0 radical (unpaired) electrons. The molecule has 0 aromatic carbocycles. The monoisotopic (exact) mass is 294 g/mol. The number of likely N-dealkylation sites (tertiary alicyclic amines) is 1. The van der Waals surface area contributed by atoms with Crippen LogP contribution in [0.2, 0.25) is 0 Å². The molecule has 1 saturated heterocycles. The fourth-order valence-electron chi connectivity index (χ4n) is 2.86. The van der Waals surface area contributed by atoms with Crippen molar-refractivity contribution in [3.8, 4) is 0 Å². The van der Waals surface area contributed by atoms with Crippen LogP contribution in [0, 0.1) is 0 Å². The van der Waals surface area contributed by atoms with Crippen molar-refractivity contribution in [3.05, 3.63) is 23.7 Å². The predicted octanol–water partition coefficient (Wildman–Crippen LogP) is 3.17. The highest BCUT2D eigenvalue weighted by Gasteiger charge is 2.21. The van der Waals surface area contributed by atoms with Gasteiger partial charge in [-0.25, -0.2) is 0 Å². The lowest BCUT2D eigenvalue weighted by atomic mass is 10.1. The average molecular weight is 294 g/mol. The van der Waals surface area contributed by atoms with Crippen molar-refractivity contribution in [2.24, 2.45) is 0 Å². The number of hydrogen-bond donors (Lipinski definition) is 1. The van der Waals surface area contributed by atoms with Gasteiger partial charge in [-0.3, -0.25) is 4.90 Å².